The van der Waals surface area contributed by atoms with Crippen LogP contribution >= 0.6 is 38.6 Å². The number of nitrogens with one attached hydrogen (secondary N) is 2. The number of anilines is 2. The van der Waals surface area contributed by atoms with Crippen LogP contribution in [0.2, 0.25) is 0 Å². The Morgan fingerprint density at radius 1 is 1.29 bits per heavy atom. The maximum Gasteiger partial charge on any atom is 0.226 e. The molecule has 3 heterocycles. The molecule has 7 heteroatoms. The monoisotopic (exact) mass is 382 g/mol. The second kappa shape index (κ2) is 6.29. The van der Waals surface area contributed by atoms with Crippen molar-refractivity contribution in [1.29, 1.82) is 0 Å². The molecule has 0 aliphatic carbocycles. The molecule has 3 aromatic rings. The summed E-state index contributed by atoms with van der Waals surface area (Å²) in [5, 5.41) is 9.80. The number of thiophene rings is 2. The molecule has 0 saturated carbocycles. The standard InChI is InChI=1S/C14H15BrN4S2/c1-3-16-14-18-12(9-6-8(2)21-13(9)19-14)17-7-11-10(15)4-5-20-11/h4-6H,3,7H2,1-2H3,(H2,16,17,18,19). The smallest absolute Gasteiger partial charge is 0.226 e. The van der Waals surface area contributed by atoms with Crippen LogP contribution < -0.4 is 10.6 Å². The SMILES string of the molecule is CCNc1nc(NCc2sccc2Br)c2cc(C)sc2n1. The average Bonchev–Trinajstić information content (AvgIpc) is 3.01. The van der Waals surface area contributed by atoms with Crippen molar-refractivity contribution in [2.75, 3.05) is 17.2 Å². The minimum absolute atomic E-state index is 0.680. The van der Waals surface area contributed by atoms with E-state index in [0.29, 0.717) is 5.95 Å². The number of rotatable bonds is 5. The van der Waals surface area contributed by atoms with Gasteiger partial charge in [-0.3, -0.25) is 0 Å². The van der Waals surface area contributed by atoms with Crippen molar-refractivity contribution < 1.29 is 0 Å². The van der Waals surface area contributed by atoms with Gasteiger partial charge in [0.05, 0.1) is 11.9 Å². The first kappa shape index (κ1) is 14.7. The number of hydrogen-bond acceptors (Lipinski definition) is 6. The van der Waals surface area contributed by atoms with Crippen molar-refractivity contribution in [2.45, 2.75) is 20.4 Å². The van der Waals surface area contributed by atoms with E-state index in [1.54, 1.807) is 22.7 Å². The summed E-state index contributed by atoms with van der Waals surface area (Å²) in [6, 6.07) is 4.21. The molecule has 21 heavy (non-hydrogen) atoms. The van der Waals surface area contributed by atoms with E-state index in [-0.39, 0.29) is 0 Å². The Hall–Kier alpha value is -1.18. The Labute approximate surface area is 139 Å². The molecular weight excluding hydrogens is 368 g/mol. The predicted molar refractivity (Wildman–Crippen MR) is 95.7 cm³/mol. The van der Waals surface area contributed by atoms with Crippen LogP contribution in [0.5, 0.6) is 0 Å². The molecule has 0 unspecified atom stereocenters. The van der Waals surface area contributed by atoms with E-state index in [2.05, 4.69) is 61.0 Å². The summed E-state index contributed by atoms with van der Waals surface area (Å²) < 4.78 is 1.14. The fraction of sp³-hybridized carbons (Fsp3) is 0.286. The van der Waals surface area contributed by atoms with E-state index in [1.807, 2.05) is 6.92 Å². The molecule has 0 aliphatic heterocycles. The highest BCUT2D eigenvalue weighted by molar-refractivity contribution is 9.10. The van der Waals surface area contributed by atoms with Crippen molar-refractivity contribution in [1.82, 2.24) is 9.97 Å². The molecule has 0 amide bonds. The van der Waals surface area contributed by atoms with Crippen LogP contribution in [0, 0.1) is 6.92 Å². The van der Waals surface area contributed by atoms with E-state index >= 15 is 0 Å². The van der Waals surface area contributed by atoms with Crippen molar-refractivity contribution in [3.63, 3.8) is 0 Å². The van der Waals surface area contributed by atoms with E-state index in [9.17, 15) is 0 Å². The molecule has 4 nitrogen and oxygen atoms in total. The van der Waals surface area contributed by atoms with Gasteiger partial charge in [-0.2, -0.15) is 4.98 Å². The Bertz CT molecular complexity index is 766. The van der Waals surface area contributed by atoms with Gasteiger partial charge < -0.3 is 10.6 Å². The van der Waals surface area contributed by atoms with Crippen LogP contribution in [0.3, 0.4) is 0 Å². The van der Waals surface area contributed by atoms with E-state index < -0.39 is 0 Å². The molecule has 3 aromatic heterocycles. The van der Waals surface area contributed by atoms with Crippen LogP contribution in [0.15, 0.2) is 22.0 Å². The third-order valence-corrected chi connectivity index (χ3v) is 5.83. The van der Waals surface area contributed by atoms with Crippen molar-refractivity contribution in [3.8, 4) is 0 Å². The lowest BCUT2D eigenvalue weighted by molar-refractivity contribution is 1.09. The summed E-state index contributed by atoms with van der Waals surface area (Å²) in [5.74, 6) is 1.57. The number of hydrogen-bond donors (Lipinski definition) is 2. The summed E-state index contributed by atoms with van der Waals surface area (Å²) in [7, 11) is 0. The Morgan fingerprint density at radius 2 is 2.14 bits per heavy atom. The van der Waals surface area contributed by atoms with Gasteiger partial charge in [0.25, 0.3) is 0 Å². The van der Waals surface area contributed by atoms with Crippen LogP contribution in [0.1, 0.15) is 16.7 Å². The van der Waals surface area contributed by atoms with Gasteiger partial charge in [-0.15, -0.1) is 22.7 Å². The lowest BCUT2D eigenvalue weighted by atomic mass is 10.3. The van der Waals surface area contributed by atoms with Gasteiger partial charge in [-0.05, 0) is 47.3 Å². The zero-order valence-corrected chi connectivity index (χ0v) is 15.0. The van der Waals surface area contributed by atoms with Crippen molar-refractivity contribution in [2.24, 2.45) is 0 Å². The molecular formula is C14H15BrN4S2. The molecule has 0 radical (unpaired) electrons. The van der Waals surface area contributed by atoms with Crippen LogP contribution in [0.4, 0.5) is 11.8 Å². The van der Waals surface area contributed by atoms with Gasteiger partial charge >= 0.3 is 0 Å². The summed E-state index contributed by atoms with van der Waals surface area (Å²) >= 11 is 6.98. The number of nitrogens with zero attached hydrogens (tertiary/aromatic N) is 2. The van der Waals surface area contributed by atoms with E-state index in [0.717, 1.165) is 33.6 Å². The van der Waals surface area contributed by atoms with Gasteiger partial charge in [0.15, 0.2) is 0 Å². The van der Waals surface area contributed by atoms with E-state index in [4.69, 9.17) is 0 Å². The summed E-state index contributed by atoms with van der Waals surface area (Å²) in [6.45, 7) is 5.71. The van der Waals surface area contributed by atoms with Gasteiger partial charge in [-0.25, -0.2) is 4.98 Å². The normalized spacial score (nSPS) is 11.0. The molecule has 0 spiro atoms. The first-order valence-corrected chi connectivity index (χ1v) is 9.14. The van der Waals surface area contributed by atoms with Crippen molar-refractivity contribution in [3.05, 3.63) is 31.7 Å². The van der Waals surface area contributed by atoms with Gasteiger partial charge in [-0.1, -0.05) is 0 Å². The molecule has 0 aromatic carbocycles. The zero-order chi connectivity index (χ0) is 14.8. The lowest BCUT2D eigenvalue weighted by Gasteiger charge is -2.08. The van der Waals surface area contributed by atoms with Gasteiger partial charge in [0, 0.05) is 20.8 Å². The first-order valence-electron chi connectivity index (χ1n) is 6.65. The molecule has 0 fully saturated rings. The van der Waals surface area contributed by atoms with Crippen LogP contribution in [-0.4, -0.2) is 16.5 Å². The largest absolute Gasteiger partial charge is 0.364 e. The minimum Gasteiger partial charge on any atom is -0.364 e. The summed E-state index contributed by atoms with van der Waals surface area (Å²) in [6.07, 6.45) is 0. The third kappa shape index (κ3) is 3.20. The highest BCUT2D eigenvalue weighted by Crippen LogP contribution is 2.31. The molecule has 0 bridgehead atoms. The van der Waals surface area contributed by atoms with Crippen LogP contribution in [-0.2, 0) is 6.54 Å². The zero-order valence-electron chi connectivity index (χ0n) is 11.7. The van der Waals surface area contributed by atoms with Crippen LogP contribution in [0.25, 0.3) is 10.2 Å². The minimum atomic E-state index is 0.680. The second-order valence-corrected chi connectivity index (χ2v) is 7.64. The lowest BCUT2D eigenvalue weighted by Crippen LogP contribution is -2.06. The molecule has 110 valence electrons. The van der Waals surface area contributed by atoms with Gasteiger partial charge in [0.2, 0.25) is 5.95 Å². The number of aromatic nitrogens is 2. The third-order valence-electron chi connectivity index (χ3n) is 2.96. The quantitative estimate of drug-likeness (QED) is 0.660. The number of fused-ring (bicyclic) bond motifs is 1. The topological polar surface area (TPSA) is 49.8 Å². The Balaban J connectivity index is 1.93. The average molecular weight is 383 g/mol. The fourth-order valence-electron chi connectivity index (χ4n) is 2.03. The summed E-state index contributed by atoms with van der Waals surface area (Å²) in [4.78, 5) is 12.7. The van der Waals surface area contributed by atoms with Crippen molar-refractivity contribution >= 4 is 60.6 Å². The highest BCUT2D eigenvalue weighted by Gasteiger charge is 2.11. The fourth-order valence-corrected chi connectivity index (χ4v) is 4.34. The number of aryl methyl sites for hydroxylation is 1. The Morgan fingerprint density at radius 3 is 2.86 bits per heavy atom. The molecule has 0 saturated heterocycles. The predicted octanol–water partition coefficient (Wildman–Crippen LogP) is 4.87. The van der Waals surface area contributed by atoms with Gasteiger partial charge in [0.1, 0.15) is 10.6 Å². The second-order valence-electron chi connectivity index (χ2n) is 4.55. The molecule has 3 rings (SSSR count). The first-order chi connectivity index (χ1) is 10.2. The Kier molecular flexibility index (Phi) is 4.42. The maximum absolute atomic E-state index is 4.60. The number of halogens is 1. The summed E-state index contributed by atoms with van der Waals surface area (Å²) in [5.41, 5.74) is 0. The van der Waals surface area contributed by atoms with E-state index in [1.165, 1.54) is 9.75 Å². The molecule has 0 atom stereocenters. The molecule has 0 aliphatic rings. The molecule has 2 N–H and O–H groups in total. The maximum atomic E-state index is 4.60. The highest BCUT2D eigenvalue weighted by atomic mass is 79.9.